The van der Waals surface area contributed by atoms with Gasteiger partial charge in [-0.25, -0.2) is 4.68 Å². The molecule has 5 rings (SSSR count). The van der Waals surface area contributed by atoms with E-state index in [1.165, 1.54) is 0 Å². The Labute approximate surface area is 169 Å². The number of nitrogens with zero attached hydrogens (tertiary/aromatic N) is 6. The lowest BCUT2D eigenvalue weighted by Gasteiger charge is -2.33. The summed E-state index contributed by atoms with van der Waals surface area (Å²) in [4.78, 5) is 21.6. The zero-order chi connectivity index (χ0) is 19.6. The van der Waals surface area contributed by atoms with Crippen LogP contribution in [0.4, 0.5) is 0 Å². The predicted molar refractivity (Wildman–Crippen MR) is 105 cm³/mol. The number of fused-ring (bicyclic) bond motifs is 1. The predicted octanol–water partition coefficient (Wildman–Crippen LogP) is 0.437. The number of aromatic nitrogens is 4. The Morgan fingerprint density at radius 1 is 1.10 bits per heavy atom. The van der Waals surface area contributed by atoms with Crippen LogP contribution >= 0.6 is 0 Å². The lowest BCUT2D eigenvalue weighted by Crippen LogP contribution is -2.47. The van der Waals surface area contributed by atoms with Crippen molar-refractivity contribution in [3.63, 3.8) is 0 Å². The van der Waals surface area contributed by atoms with E-state index in [2.05, 4.69) is 25.0 Å². The van der Waals surface area contributed by atoms with Crippen LogP contribution in [0, 0.1) is 0 Å². The maximum absolute atomic E-state index is 12.2. The lowest BCUT2D eigenvalue weighted by molar-refractivity contribution is 0.120. The molecule has 1 aliphatic carbocycles. The zero-order valence-electron chi connectivity index (χ0n) is 16.8. The summed E-state index contributed by atoms with van der Waals surface area (Å²) in [7, 11) is 0. The number of piperazine rings is 1. The Bertz CT molecular complexity index is 896. The number of ether oxygens (including phenoxy) is 1. The summed E-state index contributed by atoms with van der Waals surface area (Å²) in [6, 6.07) is 1.78. The summed E-state index contributed by atoms with van der Waals surface area (Å²) in [5.41, 5.74) is 2.29. The van der Waals surface area contributed by atoms with E-state index in [9.17, 15) is 4.79 Å². The summed E-state index contributed by atoms with van der Waals surface area (Å²) >= 11 is 0. The molecular formula is C20H28N6O3. The topological polar surface area (TPSA) is 89.5 Å². The minimum absolute atomic E-state index is 0.0323. The number of hydrogen-bond donors (Lipinski definition) is 0. The van der Waals surface area contributed by atoms with Crippen molar-refractivity contribution in [1.29, 1.82) is 0 Å². The van der Waals surface area contributed by atoms with Crippen molar-refractivity contribution in [3.05, 3.63) is 39.4 Å². The van der Waals surface area contributed by atoms with E-state index in [4.69, 9.17) is 9.26 Å². The van der Waals surface area contributed by atoms with Crippen molar-refractivity contribution in [2.45, 2.75) is 44.7 Å². The van der Waals surface area contributed by atoms with Gasteiger partial charge in [-0.3, -0.25) is 14.6 Å². The van der Waals surface area contributed by atoms with Gasteiger partial charge < -0.3 is 9.26 Å². The molecule has 2 aromatic heterocycles. The van der Waals surface area contributed by atoms with Crippen LogP contribution in [0.3, 0.4) is 0 Å². The first-order valence-electron chi connectivity index (χ1n) is 10.7. The molecule has 3 aliphatic rings. The van der Waals surface area contributed by atoms with E-state index >= 15 is 0 Å². The van der Waals surface area contributed by atoms with Crippen molar-refractivity contribution < 1.29 is 9.26 Å². The number of aryl methyl sites for hydroxylation is 2. The van der Waals surface area contributed by atoms with E-state index in [1.807, 2.05) is 0 Å². The smallest absolute Gasteiger partial charge is 0.267 e. The Morgan fingerprint density at radius 3 is 2.79 bits per heavy atom. The molecule has 0 bridgehead atoms. The van der Waals surface area contributed by atoms with Crippen molar-refractivity contribution in [3.8, 4) is 0 Å². The largest absolute Gasteiger partial charge is 0.381 e. The highest BCUT2D eigenvalue weighted by atomic mass is 16.5. The molecule has 9 heteroatoms. The minimum atomic E-state index is 0.0323. The van der Waals surface area contributed by atoms with Crippen LogP contribution in [0.2, 0.25) is 0 Å². The van der Waals surface area contributed by atoms with Crippen molar-refractivity contribution in [1.82, 2.24) is 29.7 Å². The SMILES string of the molecule is O=c1cc2c(nn1CCN1CCN(Cc3noc(C4CCOC4)n3)CC1)CCC2. The number of hydrogen-bond acceptors (Lipinski definition) is 8. The Hall–Kier alpha value is -2.10. The van der Waals surface area contributed by atoms with E-state index < -0.39 is 0 Å². The van der Waals surface area contributed by atoms with Crippen LogP contribution in [-0.2, 0) is 30.7 Å². The summed E-state index contributed by atoms with van der Waals surface area (Å²) in [6.07, 6.45) is 4.07. The average molecular weight is 400 g/mol. The first kappa shape index (κ1) is 18.9. The van der Waals surface area contributed by atoms with E-state index in [0.717, 1.165) is 88.6 Å². The van der Waals surface area contributed by atoms with Crippen LogP contribution < -0.4 is 5.56 Å². The molecule has 1 atom stereocenters. The Morgan fingerprint density at radius 2 is 1.97 bits per heavy atom. The van der Waals surface area contributed by atoms with Gasteiger partial charge in [0.25, 0.3) is 5.56 Å². The zero-order valence-corrected chi connectivity index (χ0v) is 16.8. The first-order chi connectivity index (χ1) is 14.2. The van der Waals surface area contributed by atoms with Gasteiger partial charge in [-0.15, -0.1) is 0 Å². The molecule has 2 aromatic rings. The van der Waals surface area contributed by atoms with E-state index in [1.54, 1.807) is 10.7 Å². The fourth-order valence-electron chi connectivity index (χ4n) is 4.43. The first-order valence-corrected chi connectivity index (χ1v) is 10.7. The van der Waals surface area contributed by atoms with Gasteiger partial charge in [-0.1, -0.05) is 5.16 Å². The molecule has 0 amide bonds. The third kappa shape index (κ3) is 4.26. The molecule has 0 saturated carbocycles. The molecule has 0 aromatic carbocycles. The van der Waals surface area contributed by atoms with Crippen LogP contribution in [0.5, 0.6) is 0 Å². The number of rotatable bonds is 6. The normalized spacial score (nSPS) is 23.0. The summed E-state index contributed by atoms with van der Waals surface area (Å²) in [5.74, 6) is 1.72. The van der Waals surface area contributed by atoms with E-state index in [-0.39, 0.29) is 11.5 Å². The van der Waals surface area contributed by atoms with Gasteiger partial charge in [0.05, 0.1) is 31.3 Å². The van der Waals surface area contributed by atoms with Crippen LogP contribution in [0.1, 0.15) is 41.7 Å². The molecule has 0 radical (unpaired) electrons. The molecule has 29 heavy (non-hydrogen) atoms. The molecule has 0 spiro atoms. The average Bonchev–Trinajstić information content (AvgIpc) is 3.48. The second kappa shape index (κ2) is 8.33. The Kier molecular flexibility index (Phi) is 5.43. The highest BCUT2D eigenvalue weighted by molar-refractivity contribution is 5.22. The maximum Gasteiger partial charge on any atom is 0.267 e. The summed E-state index contributed by atoms with van der Waals surface area (Å²) < 4.78 is 12.5. The molecule has 2 saturated heterocycles. The van der Waals surface area contributed by atoms with Crippen molar-refractivity contribution in [2.24, 2.45) is 0 Å². The Balaban J connectivity index is 1.09. The quantitative estimate of drug-likeness (QED) is 0.690. The standard InChI is InChI=1S/C20H28N6O3/c27-19-12-15-2-1-3-17(15)22-26(19)10-9-24-5-7-25(8-6-24)13-18-21-20(29-23-18)16-4-11-28-14-16/h12,16H,1-11,13-14H2. The molecule has 1 unspecified atom stereocenters. The fraction of sp³-hybridized carbons (Fsp3) is 0.700. The highest BCUT2D eigenvalue weighted by Gasteiger charge is 2.25. The van der Waals surface area contributed by atoms with Crippen LogP contribution in [0.25, 0.3) is 0 Å². The van der Waals surface area contributed by atoms with Gasteiger partial charge in [-0.05, 0) is 31.2 Å². The summed E-state index contributed by atoms with van der Waals surface area (Å²) in [6.45, 7) is 7.56. The third-order valence-corrected chi connectivity index (χ3v) is 6.24. The molecule has 2 aliphatic heterocycles. The summed E-state index contributed by atoms with van der Waals surface area (Å²) in [5, 5.41) is 8.72. The molecular weight excluding hydrogens is 372 g/mol. The van der Waals surface area contributed by atoms with Gasteiger partial charge in [0.15, 0.2) is 5.82 Å². The second-order valence-electron chi connectivity index (χ2n) is 8.26. The van der Waals surface area contributed by atoms with Gasteiger partial charge in [-0.2, -0.15) is 10.1 Å². The maximum atomic E-state index is 12.2. The van der Waals surface area contributed by atoms with Crippen molar-refractivity contribution >= 4 is 0 Å². The molecule has 4 heterocycles. The van der Waals surface area contributed by atoms with Gasteiger partial charge in [0.2, 0.25) is 5.89 Å². The second-order valence-corrected chi connectivity index (χ2v) is 8.26. The minimum Gasteiger partial charge on any atom is -0.381 e. The van der Waals surface area contributed by atoms with Crippen molar-refractivity contribution in [2.75, 3.05) is 45.9 Å². The van der Waals surface area contributed by atoms with Crippen LogP contribution in [0.15, 0.2) is 15.4 Å². The van der Waals surface area contributed by atoms with Gasteiger partial charge >= 0.3 is 0 Å². The monoisotopic (exact) mass is 400 g/mol. The molecule has 0 N–H and O–H groups in total. The van der Waals surface area contributed by atoms with Gasteiger partial charge in [0, 0.05) is 45.4 Å². The van der Waals surface area contributed by atoms with Crippen LogP contribution in [-0.4, -0.2) is 75.7 Å². The third-order valence-electron chi connectivity index (χ3n) is 6.24. The molecule has 156 valence electrons. The van der Waals surface area contributed by atoms with Gasteiger partial charge in [0.1, 0.15) is 0 Å². The lowest BCUT2D eigenvalue weighted by atomic mass is 10.1. The highest BCUT2D eigenvalue weighted by Crippen LogP contribution is 2.23. The molecule has 2 fully saturated rings. The fourth-order valence-corrected chi connectivity index (χ4v) is 4.43. The van der Waals surface area contributed by atoms with E-state index in [0.29, 0.717) is 19.0 Å². The molecule has 9 nitrogen and oxygen atoms in total.